The molecule has 4 aliphatic heterocycles. The number of nitrogens with two attached hydrogens (primary N) is 1. The molecule has 4 heterocycles. The van der Waals surface area contributed by atoms with E-state index in [9.17, 15) is 86.6 Å². The van der Waals surface area contributed by atoms with Gasteiger partial charge in [-0.2, -0.15) is 0 Å². The average Bonchev–Trinajstić information content (AvgIpc) is 1.70. The molecule has 6 rings (SSSR count). The number of rotatable bonds is 57. The molecule has 2 aromatic rings. The van der Waals surface area contributed by atoms with Gasteiger partial charge in [0.25, 0.3) is 17.7 Å². The molecule has 42 heteroatoms. The SMILES string of the molecule is CC[C@H](C)[C@@H]([C@@H](CC(=O)N1CCC[C@H]1[C@H](OC)[C@@H](C)C(=O)N[C@H](C)[C@@H](O)c1ccccc1)OC)N(C)C(=O)[C@@H](NC(=O)[C@H](C(C)C)N(C)C(=O)OCc1ccc(NC(=O)[C@H](CCCNC(N)=O)NC(=O)[C@@H](NC(=O)[C@H](CC(=O)N[C@H]2CCOC2=O)NC(=O)CCOCCOCCOCCOCCNC(=O)[C@H](CNC(=O)[C@@H]2CCC(=O)O2)N2C(=O)C=CC2=O)C(C)C)cc1)C(C)C. The van der Waals surface area contributed by atoms with Gasteiger partial charge < -0.3 is 116 Å². The monoisotopic (exact) mass is 1850 g/mol. The van der Waals surface area contributed by atoms with Gasteiger partial charge >= 0.3 is 24.1 Å². The highest BCUT2D eigenvalue weighted by atomic mass is 16.6. The number of esters is 2. The van der Waals surface area contributed by atoms with E-state index >= 15 is 0 Å². The van der Waals surface area contributed by atoms with Gasteiger partial charge in [0.2, 0.25) is 59.1 Å². The van der Waals surface area contributed by atoms with Crippen molar-refractivity contribution in [1.82, 2.24) is 67.5 Å². The van der Waals surface area contributed by atoms with Crippen LogP contribution < -0.4 is 58.9 Å². The highest BCUT2D eigenvalue weighted by Gasteiger charge is 2.46. The Hall–Kier alpha value is -11.3. The maximum absolute atomic E-state index is 14.9. The predicted molar refractivity (Wildman–Crippen MR) is 471 cm³/mol. The average molecular weight is 1850 g/mol. The number of urea groups is 1. The van der Waals surface area contributed by atoms with Crippen molar-refractivity contribution in [2.75, 3.05) is 119 Å². The number of hydrogen-bond acceptors (Lipinski definition) is 27. The summed E-state index contributed by atoms with van der Waals surface area (Å²) in [5.74, 6) is -12.5. The Morgan fingerprint density at radius 2 is 1.24 bits per heavy atom. The first kappa shape index (κ1) is 108. The summed E-state index contributed by atoms with van der Waals surface area (Å²) >= 11 is 0. The van der Waals surface area contributed by atoms with Crippen LogP contribution in [0.1, 0.15) is 157 Å². The van der Waals surface area contributed by atoms with E-state index in [1.54, 1.807) is 104 Å². The summed E-state index contributed by atoms with van der Waals surface area (Å²) in [6.45, 7) is 17.8. The Morgan fingerprint density at radius 3 is 1.82 bits per heavy atom. The summed E-state index contributed by atoms with van der Waals surface area (Å²) in [6.07, 6.45) is -1.32. The van der Waals surface area contributed by atoms with E-state index in [4.69, 9.17) is 48.4 Å². The maximum Gasteiger partial charge on any atom is 0.410 e. The zero-order chi connectivity index (χ0) is 96.7. The van der Waals surface area contributed by atoms with E-state index in [-0.39, 0.29) is 148 Å². The molecule has 16 atom stereocenters. The summed E-state index contributed by atoms with van der Waals surface area (Å²) in [5.41, 5.74) is 6.64. The number of amides is 16. The number of imide groups is 1. The molecule has 131 heavy (non-hydrogen) atoms. The molecule has 42 nitrogen and oxygen atoms in total. The first-order chi connectivity index (χ1) is 62.3. The first-order valence-electron chi connectivity index (χ1n) is 44.6. The number of nitrogens with zero attached hydrogens (tertiary/aromatic N) is 4. The molecule has 0 aromatic heterocycles. The number of primary amides is 1. The molecule has 0 unspecified atom stereocenters. The quantitative estimate of drug-likeness (QED) is 0.0187. The van der Waals surface area contributed by atoms with Crippen LogP contribution in [0.5, 0.6) is 0 Å². The normalized spacial score (nSPS) is 18.4. The van der Waals surface area contributed by atoms with Gasteiger partial charge in [-0.1, -0.05) is 111 Å². The van der Waals surface area contributed by atoms with Crippen LogP contribution in [0, 0.1) is 29.6 Å². The zero-order valence-electron chi connectivity index (χ0n) is 77.4. The van der Waals surface area contributed by atoms with E-state index in [1.165, 1.54) is 38.3 Å². The summed E-state index contributed by atoms with van der Waals surface area (Å²) in [6, 6.07) is 3.51. The minimum absolute atomic E-state index is 0.00249. The lowest BCUT2D eigenvalue weighted by Crippen LogP contribution is -2.60. The minimum atomic E-state index is -1.62. The number of methoxy groups -OCH3 is 2. The fraction of sp³-hybridized carbons (Fsp3) is 0.652. The number of carbonyl (C=O) groups is 17. The second-order valence-electron chi connectivity index (χ2n) is 33.8. The van der Waals surface area contributed by atoms with E-state index in [2.05, 4.69) is 53.2 Å². The Kier molecular flexibility index (Phi) is 45.6. The molecule has 0 radical (unpaired) electrons. The number of anilines is 1. The molecule has 3 fully saturated rings. The van der Waals surface area contributed by atoms with Gasteiger partial charge in [-0.05, 0) is 79.5 Å². The molecule has 16 amide bonds. The Morgan fingerprint density at radius 1 is 0.618 bits per heavy atom. The van der Waals surface area contributed by atoms with Crippen molar-refractivity contribution in [3.05, 3.63) is 77.9 Å². The Bertz CT molecular complexity index is 4180. The third kappa shape index (κ3) is 34.1. The van der Waals surface area contributed by atoms with Crippen LogP contribution in [0.3, 0.4) is 0 Å². The fourth-order valence-corrected chi connectivity index (χ4v) is 15.6. The van der Waals surface area contributed by atoms with Crippen LogP contribution >= 0.6 is 0 Å². The van der Waals surface area contributed by atoms with Gasteiger partial charge in [-0.3, -0.25) is 76.9 Å². The number of benzene rings is 2. The molecule has 0 aliphatic carbocycles. The number of likely N-dealkylation sites (N-methyl/N-ethyl adjacent to an activating group) is 2. The van der Waals surface area contributed by atoms with Crippen LogP contribution in [0.25, 0.3) is 0 Å². The van der Waals surface area contributed by atoms with Crippen LogP contribution in [0.15, 0.2) is 66.7 Å². The molecular formula is C89H135N15O27. The summed E-state index contributed by atoms with van der Waals surface area (Å²) in [7, 11) is 5.99. The van der Waals surface area contributed by atoms with Crippen molar-refractivity contribution in [1.29, 1.82) is 0 Å². The number of hydrogen-bond donors (Lipinski definition) is 12. The number of cyclic esters (lactones) is 2. The standard InChI is InChI=1S/C89H135N15O27/c1-15-54(8)76(66(123-13)48-71(109)103-37-20-24-63(103)78(124-14)55(9)79(112)94-56(10)77(111)58-21-17-16-18-22-58)101(11)86(119)74(52(4)5)100-85(118)75(53(6)7)102(12)89(122)130-50-57-25-27-59(28-26-57)95-80(113)60(23-19-35-92-88(90)121)98-84(117)73(51(2)3)99-81(114)62(47-68(106)96-61-33-39-129-87(61)120)97-67(105)34-38-125-41-43-127-45-46-128-44-42-126-40-36-91-82(115)64(104-69(107)30-31-70(104)108)49-93-83(116)65-29-32-72(110)131-65/h16-18,21-22,25-28,30-31,51-56,60-66,73-78,111H,15,19-20,23-24,29,32-50H2,1-14H3,(H,91,115)(H,93,116)(H,94,112)(H,95,113)(H,96,106)(H,97,105)(H,98,117)(H,99,114)(H,100,118)(H3,90,92,121)/t54-,55+,56+,60-,61-,62-,63-,64-,65-,66+,73-,74-,75-,76-,77+,78+/m0/s1. The van der Waals surface area contributed by atoms with Crippen LogP contribution in [-0.4, -0.2) is 318 Å². The van der Waals surface area contributed by atoms with Gasteiger partial charge in [0.05, 0.1) is 115 Å². The summed E-state index contributed by atoms with van der Waals surface area (Å²) in [5, 5.41) is 37.4. The molecule has 0 spiro atoms. The van der Waals surface area contributed by atoms with Crippen molar-refractivity contribution in [2.24, 2.45) is 35.3 Å². The molecule has 13 N–H and O–H groups in total. The van der Waals surface area contributed by atoms with Crippen LogP contribution in [0.4, 0.5) is 15.3 Å². The van der Waals surface area contributed by atoms with E-state index in [0.717, 1.165) is 17.1 Å². The van der Waals surface area contributed by atoms with Crippen molar-refractivity contribution in [3.63, 3.8) is 0 Å². The van der Waals surface area contributed by atoms with Gasteiger partial charge in [0, 0.05) is 98.0 Å². The first-order valence-corrected chi connectivity index (χ1v) is 44.6. The van der Waals surface area contributed by atoms with Gasteiger partial charge in [0.15, 0.2) is 6.10 Å². The predicted octanol–water partition coefficient (Wildman–Crippen LogP) is 0.586. The third-order valence-corrected chi connectivity index (χ3v) is 23.1. The zero-order valence-corrected chi connectivity index (χ0v) is 77.4. The van der Waals surface area contributed by atoms with E-state index in [1.807, 2.05) is 19.9 Å². The summed E-state index contributed by atoms with van der Waals surface area (Å²) in [4.78, 5) is 232. The molecule has 2 aromatic carbocycles. The number of carbonyl (C=O) groups excluding carboxylic acids is 17. The molecule has 728 valence electrons. The number of aliphatic hydroxyl groups excluding tert-OH is 1. The van der Waals surface area contributed by atoms with Crippen molar-refractivity contribution >= 4 is 107 Å². The Labute approximate surface area is 763 Å². The maximum atomic E-state index is 14.9. The number of likely N-dealkylation sites (tertiary alicyclic amines) is 1. The summed E-state index contributed by atoms with van der Waals surface area (Å²) < 4.78 is 49.9. The lowest BCUT2D eigenvalue weighted by atomic mass is 9.89. The van der Waals surface area contributed by atoms with Crippen molar-refractivity contribution in [2.45, 2.75) is 231 Å². The Balaban J connectivity index is 0.977. The van der Waals surface area contributed by atoms with Crippen LogP contribution in [0.2, 0.25) is 0 Å². The molecular weight excluding hydrogens is 1710 g/mol. The lowest BCUT2D eigenvalue weighted by Gasteiger charge is -2.41. The smallest absolute Gasteiger partial charge is 0.410 e. The second-order valence-corrected chi connectivity index (χ2v) is 33.8. The number of aliphatic hydroxyl groups is 1. The van der Waals surface area contributed by atoms with Gasteiger partial charge in [0.1, 0.15) is 48.9 Å². The third-order valence-electron chi connectivity index (χ3n) is 23.1. The van der Waals surface area contributed by atoms with Crippen molar-refractivity contribution < 1.29 is 129 Å². The lowest BCUT2D eigenvalue weighted by molar-refractivity contribution is -0.149. The number of nitrogens with one attached hydrogen (secondary N) is 10. The van der Waals surface area contributed by atoms with E-state index in [0.29, 0.717) is 41.8 Å². The largest absolute Gasteiger partial charge is 0.464 e. The van der Waals surface area contributed by atoms with Crippen molar-refractivity contribution in [3.8, 4) is 0 Å². The van der Waals surface area contributed by atoms with Crippen LogP contribution in [-0.2, 0) is 121 Å². The highest BCUT2D eigenvalue weighted by Crippen LogP contribution is 2.31. The molecule has 4 aliphatic rings. The van der Waals surface area contributed by atoms with Gasteiger partial charge in [-0.25, -0.2) is 14.4 Å². The second kappa shape index (κ2) is 55.1. The molecule has 3 saturated heterocycles. The van der Waals surface area contributed by atoms with E-state index < -0.39 is 211 Å². The number of ether oxygens (including phenoxy) is 9. The fourth-order valence-electron chi connectivity index (χ4n) is 15.6. The molecule has 0 saturated carbocycles. The topological polar surface area (TPSA) is 553 Å². The highest BCUT2D eigenvalue weighted by molar-refractivity contribution is 6.15. The minimum Gasteiger partial charge on any atom is -0.464 e. The van der Waals surface area contributed by atoms with Gasteiger partial charge in [-0.15, -0.1) is 0 Å². The molecule has 0 bridgehead atoms.